The third-order valence-corrected chi connectivity index (χ3v) is 5.33. The van der Waals surface area contributed by atoms with Gasteiger partial charge in [-0.1, -0.05) is 60.7 Å². The number of aromatic nitrogens is 1. The third-order valence-electron chi connectivity index (χ3n) is 5.33. The lowest BCUT2D eigenvalue weighted by molar-refractivity contribution is 0.0686. The predicted octanol–water partition coefficient (Wildman–Crippen LogP) is 5.74. The van der Waals surface area contributed by atoms with Crippen LogP contribution in [0.5, 0.6) is 0 Å². The molecule has 0 N–H and O–H groups in total. The molecule has 0 aliphatic rings. The lowest BCUT2D eigenvalue weighted by Crippen LogP contribution is -2.37. The number of hydrogen-bond donors (Lipinski definition) is 0. The van der Waals surface area contributed by atoms with E-state index in [0.29, 0.717) is 6.54 Å². The van der Waals surface area contributed by atoms with E-state index in [-0.39, 0.29) is 11.9 Å². The molecule has 3 heteroatoms. The quantitative estimate of drug-likeness (QED) is 0.417. The molecule has 3 aromatic carbocycles. The van der Waals surface area contributed by atoms with E-state index < -0.39 is 0 Å². The smallest absolute Gasteiger partial charge is 0.254 e. The average Bonchev–Trinajstić information content (AvgIpc) is 3.18. The monoisotopic (exact) mass is 382 g/mol. The zero-order chi connectivity index (χ0) is 20.2. The Bertz CT molecular complexity index is 1110. The molecule has 0 spiro atoms. The topological polar surface area (TPSA) is 25.2 Å². The largest absolute Gasteiger partial charge is 0.345 e. The van der Waals surface area contributed by atoms with Crippen LogP contribution in [0.3, 0.4) is 0 Å². The molecule has 3 nitrogen and oxygen atoms in total. The molecular formula is C26H26N2O. The number of benzene rings is 3. The van der Waals surface area contributed by atoms with Gasteiger partial charge in [-0.15, -0.1) is 0 Å². The number of rotatable bonds is 6. The van der Waals surface area contributed by atoms with E-state index in [1.54, 1.807) is 0 Å². The maximum Gasteiger partial charge on any atom is 0.254 e. The molecular weight excluding hydrogens is 356 g/mol. The van der Waals surface area contributed by atoms with Gasteiger partial charge in [0, 0.05) is 30.0 Å². The van der Waals surface area contributed by atoms with E-state index in [1.807, 2.05) is 41.3 Å². The Morgan fingerprint density at radius 2 is 1.59 bits per heavy atom. The van der Waals surface area contributed by atoms with Crippen LogP contribution < -0.4 is 0 Å². The van der Waals surface area contributed by atoms with Crippen molar-refractivity contribution in [3.8, 4) is 0 Å². The molecule has 0 saturated heterocycles. The SMILES string of the molecule is CC(C)N(Cc1cccn1Cc1ccccc1)C(=O)c1ccc2ccccc2c1. The van der Waals surface area contributed by atoms with Gasteiger partial charge in [0.2, 0.25) is 0 Å². The number of hydrogen-bond acceptors (Lipinski definition) is 1. The minimum atomic E-state index is 0.0678. The van der Waals surface area contributed by atoms with Crippen LogP contribution in [0, 0.1) is 0 Å². The van der Waals surface area contributed by atoms with Gasteiger partial charge in [0.05, 0.1) is 6.54 Å². The minimum Gasteiger partial charge on any atom is -0.345 e. The molecule has 146 valence electrons. The fourth-order valence-electron chi connectivity index (χ4n) is 3.68. The number of carbonyl (C=O) groups is 1. The van der Waals surface area contributed by atoms with Crippen LogP contribution in [0.1, 0.15) is 35.5 Å². The standard InChI is InChI=1S/C26H26N2O/c1-20(2)28(26(29)24-15-14-22-11-6-7-12-23(22)17-24)19-25-13-8-16-27(25)18-21-9-4-3-5-10-21/h3-17,20H,18-19H2,1-2H3. The molecule has 0 fully saturated rings. The van der Waals surface area contributed by atoms with Gasteiger partial charge < -0.3 is 9.47 Å². The Morgan fingerprint density at radius 1 is 0.862 bits per heavy atom. The summed E-state index contributed by atoms with van der Waals surface area (Å²) in [6.07, 6.45) is 2.08. The second kappa shape index (κ2) is 8.36. The van der Waals surface area contributed by atoms with E-state index in [9.17, 15) is 4.79 Å². The van der Waals surface area contributed by atoms with E-state index in [2.05, 4.69) is 73.1 Å². The summed E-state index contributed by atoms with van der Waals surface area (Å²) in [7, 11) is 0. The van der Waals surface area contributed by atoms with Crippen LogP contribution in [0.2, 0.25) is 0 Å². The molecule has 0 aliphatic heterocycles. The van der Waals surface area contributed by atoms with Crippen molar-refractivity contribution in [1.29, 1.82) is 0 Å². The minimum absolute atomic E-state index is 0.0678. The lowest BCUT2D eigenvalue weighted by Gasteiger charge is -2.27. The van der Waals surface area contributed by atoms with Crippen molar-refractivity contribution in [3.05, 3.63) is 108 Å². The van der Waals surface area contributed by atoms with Crippen molar-refractivity contribution in [3.63, 3.8) is 0 Å². The number of fused-ring (bicyclic) bond motifs is 1. The normalized spacial score (nSPS) is 11.1. The highest BCUT2D eigenvalue weighted by Gasteiger charge is 2.20. The van der Waals surface area contributed by atoms with E-state index in [0.717, 1.165) is 28.6 Å². The van der Waals surface area contributed by atoms with Crippen LogP contribution in [0.25, 0.3) is 10.8 Å². The highest BCUT2D eigenvalue weighted by Crippen LogP contribution is 2.20. The fourth-order valence-corrected chi connectivity index (χ4v) is 3.68. The van der Waals surface area contributed by atoms with Crippen molar-refractivity contribution >= 4 is 16.7 Å². The van der Waals surface area contributed by atoms with Gasteiger partial charge in [-0.2, -0.15) is 0 Å². The maximum atomic E-state index is 13.3. The molecule has 0 radical (unpaired) electrons. The van der Waals surface area contributed by atoms with Gasteiger partial charge >= 0.3 is 0 Å². The summed E-state index contributed by atoms with van der Waals surface area (Å²) in [4.78, 5) is 15.3. The Morgan fingerprint density at radius 3 is 2.34 bits per heavy atom. The van der Waals surface area contributed by atoms with Crippen molar-refractivity contribution in [2.24, 2.45) is 0 Å². The van der Waals surface area contributed by atoms with Gasteiger partial charge in [0.15, 0.2) is 0 Å². The summed E-state index contributed by atoms with van der Waals surface area (Å²) in [6.45, 7) is 5.54. The zero-order valence-corrected chi connectivity index (χ0v) is 17.0. The Hall–Kier alpha value is -3.33. The average molecular weight is 383 g/mol. The van der Waals surface area contributed by atoms with Gasteiger partial charge in [-0.3, -0.25) is 4.79 Å². The van der Waals surface area contributed by atoms with Crippen molar-refractivity contribution in [1.82, 2.24) is 9.47 Å². The van der Waals surface area contributed by atoms with E-state index in [4.69, 9.17) is 0 Å². The van der Waals surface area contributed by atoms with E-state index in [1.165, 1.54) is 5.56 Å². The molecule has 1 heterocycles. The fraction of sp³-hybridized carbons (Fsp3) is 0.192. The molecule has 0 aliphatic carbocycles. The molecule has 4 aromatic rings. The van der Waals surface area contributed by atoms with Gasteiger partial charge in [-0.25, -0.2) is 0 Å². The number of carbonyl (C=O) groups excluding carboxylic acids is 1. The summed E-state index contributed by atoms with van der Waals surface area (Å²) < 4.78 is 2.22. The molecule has 0 unspecified atom stereocenters. The van der Waals surface area contributed by atoms with Crippen molar-refractivity contribution in [2.45, 2.75) is 33.0 Å². The summed E-state index contributed by atoms with van der Waals surface area (Å²) in [6, 6.07) is 28.8. The third kappa shape index (κ3) is 4.24. The zero-order valence-electron chi connectivity index (χ0n) is 17.0. The van der Waals surface area contributed by atoms with Crippen LogP contribution >= 0.6 is 0 Å². The van der Waals surface area contributed by atoms with Crippen molar-refractivity contribution < 1.29 is 4.79 Å². The first kappa shape index (κ1) is 19.0. The molecule has 1 amide bonds. The van der Waals surface area contributed by atoms with Crippen LogP contribution in [0.15, 0.2) is 91.1 Å². The first-order chi connectivity index (χ1) is 14.1. The maximum absolute atomic E-state index is 13.3. The highest BCUT2D eigenvalue weighted by atomic mass is 16.2. The molecule has 4 rings (SSSR count). The molecule has 0 bridgehead atoms. The lowest BCUT2D eigenvalue weighted by atomic mass is 10.1. The molecule has 0 saturated carbocycles. The van der Waals surface area contributed by atoms with Crippen molar-refractivity contribution in [2.75, 3.05) is 0 Å². The highest BCUT2D eigenvalue weighted by molar-refractivity contribution is 5.98. The first-order valence-electron chi connectivity index (χ1n) is 10.1. The Kier molecular flexibility index (Phi) is 5.48. The van der Waals surface area contributed by atoms with Crippen LogP contribution in [-0.2, 0) is 13.1 Å². The van der Waals surface area contributed by atoms with Gasteiger partial charge in [-0.05, 0) is 54.4 Å². The summed E-state index contributed by atoms with van der Waals surface area (Å²) in [5.74, 6) is 0.0678. The van der Waals surface area contributed by atoms with E-state index >= 15 is 0 Å². The number of nitrogens with zero attached hydrogens (tertiary/aromatic N) is 2. The molecule has 29 heavy (non-hydrogen) atoms. The first-order valence-corrected chi connectivity index (χ1v) is 10.1. The second-order valence-electron chi connectivity index (χ2n) is 7.70. The van der Waals surface area contributed by atoms with Crippen LogP contribution in [-0.4, -0.2) is 21.4 Å². The van der Waals surface area contributed by atoms with Crippen LogP contribution in [0.4, 0.5) is 0 Å². The summed E-state index contributed by atoms with van der Waals surface area (Å²) >= 11 is 0. The Labute approximate surface area is 172 Å². The predicted molar refractivity (Wildman–Crippen MR) is 119 cm³/mol. The number of amides is 1. The van der Waals surface area contributed by atoms with Gasteiger partial charge in [0.1, 0.15) is 0 Å². The summed E-state index contributed by atoms with van der Waals surface area (Å²) in [5, 5.41) is 2.24. The molecule has 0 atom stereocenters. The molecule has 1 aromatic heterocycles. The Balaban J connectivity index is 1.58. The summed E-state index contributed by atoms with van der Waals surface area (Å²) in [5.41, 5.74) is 3.12. The van der Waals surface area contributed by atoms with Gasteiger partial charge in [0.25, 0.3) is 5.91 Å². The second-order valence-corrected chi connectivity index (χ2v) is 7.70.